The van der Waals surface area contributed by atoms with Gasteiger partial charge in [-0.2, -0.15) is 0 Å². The molecular weight excluding hydrogens is 431 g/mol. The number of nitrogens with one attached hydrogen (secondary N) is 2. The predicted octanol–water partition coefficient (Wildman–Crippen LogP) is 2.35. The highest BCUT2D eigenvalue weighted by molar-refractivity contribution is 6.43. The molecule has 3 aromatic rings. The van der Waals surface area contributed by atoms with Gasteiger partial charge in [-0.05, 0) is 47.7 Å². The van der Waals surface area contributed by atoms with Crippen LogP contribution in [0.5, 0.6) is 5.75 Å². The van der Waals surface area contributed by atoms with Crippen molar-refractivity contribution in [2.45, 2.75) is 25.8 Å². The molecule has 0 aliphatic carbocycles. The van der Waals surface area contributed by atoms with Gasteiger partial charge in [-0.1, -0.05) is 66.7 Å². The highest BCUT2D eigenvalue weighted by atomic mass is 16.5. The maximum absolute atomic E-state index is 12.6. The van der Waals surface area contributed by atoms with Crippen LogP contribution >= 0.6 is 0 Å². The van der Waals surface area contributed by atoms with E-state index in [1.54, 1.807) is 19.2 Å². The van der Waals surface area contributed by atoms with Crippen LogP contribution in [0.15, 0.2) is 78.9 Å². The molecule has 3 rings (SSSR count). The molecule has 0 saturated heterocycles. The average molecular weight is 460 g/mol. The molecule has 1 unspecified atom stereocenters. The Bertz CT molecular complexity index is 1090. The van der Waals surface area contributed by atoms with E-state index in [0.717, 1.165) is 22.3 Å². The van der Waals surface area contributed by atoms with Crippen LogP contribution in [0.3, 0.4) is 0 Å². The monoisotopic (exact) mass is 460 g/mol. The average Bonchev–Trinajstić information content (AvgIpc) is 2.87. The van der Waals surface area contributed by atoms with Crippen molar-refractivity contribution in [2.24, 2.45) is 5.92 Å². The first kappa shape index (κ1) is 25.0. The van der Waals surface area contributed by atoms with Gasteiger partial charge in [0.15, 0.2) is 0 Å². The van der Waals surface area contributed by atoms with Crippen LogP contribution in [0.4, 0.5) is 0 Å². The predicted molar refractivity (Wildman–Crippen MR) is 132 cm³/mol. The Labute approximate surface area is 199 Å². The minimum absolute atomic E-state index is 0.205. The lowest BCUT2D eigenvalue weighted by molar-refractivity contribution is -0.134. The van der Waals surface area contributed by atoms with E-state index in [-0.39, 0.29) is 13.0 Å². The summed E-state index contributed by atoms with van der Waals surface area (Å²) in [6.07, 6.45) is 0.205. The molecule has 0 aliphatic rings. The minimum Gasteiger partial charge on any atom is -0.497 e. The Hall–Kier alpha value is -3.62. The Morgan fingerprint density at radius 1 is 0.882 bits per heavy atom. The summed E-state index contributed by atoms with van der Waals surface area (Å²) in [5, 5.41) is 24.9. The molecule has 0 bridgehead atoms. The van der Waals surface area contributed by atoms with Crippen LogP contribution in [0.25, 0.3) is 11.1 Å². The van der Waals surface area contributed by atoms with Gasteiger partial charge < -0.3 is 25.4 Å². The van der Waals surface area contributed by atoms with Crippen molar-refractivity contribution in [3.63, 3.8) is 0 Å². The van der Waals surface area contributed by atoms with Crippen molar-refractivity contribution in [3.8, 4) is 16.9 Å². The molecule has 2 amide bonds. The molecule has 3 aromatic carbocycles. The van der Waals surface area contributed by atoms with E-state index in [2.05, 4.69) is 10.6 Å². The van der Waals surface area contributed by atoms with E-state index in [1.165, 1.54) is 6.92 Å². The van der Waals surface area contributed by atoms with E-state index < -0.39 is 30.8 Å². The van der Waals surface area contributed by atoms with Gasteiger partial charge in [0.1, 0.15) is 11.7 Å². The van der Waals surface area contributed by atoms with Crippen LogP contribution in [0.2, 0.25) is 0 Å². The summed E-state index contributed by atoms with van der Waals surface area (Å²) >= 11 is 0. The standard InChI is InChI=1S/C26H29BN2O5/c1-18(25(30)28-17-20-7-6-10-23(15-20)34-2)26(31)29-24(27(32)33)16-19-11-13-22(14-12-19)21-8-4-3-5-9-21/h3-15,18,24,32-33H,16-17H2,1-2H3,(H,28,30)(H,29,31)/t18?,24-/m0/s1. The van der Waals surface area contributed by atoms with Gasteiger partial charge >= 0.3 is 7.12 Å². The van der Waals surface area contributed by atoms with E-state index in [4.69, 9.17) is 4.74 Å². The largest absolute Gasteiger partial charge is 0.497 e. The number of amides is 2. The molecule has 0 heterocycles. The molecule has 0 aromatic heterocycles. The van der Waals surface area contributed by atoms with Crippen molar-refractivity contribution in [1.29, 1.82) is 0 Å². The van der Waals surface area contributed by atoms with E-state index in [1.807, 2.05) is 66.7 Å². The second-order valence-electron chi connectivity index (χ2n) is 8.09. The lowest BCUT2D eigenvalue weighted by Crippen LogP contribution is -2.51. The first-order chi connectivity index (χ1) is 16.4. The van der Waals surface area contributed by atoms with Crippen LogP contribution < -0.4 is 15.4 Å². The van der Waals surface area contributed by atoms with Gasteiger partial charge in [0.05, 0.1) is 13.1 Å². The molecule has 0 saturated carbocycles. The number of hydrogen-bond acceptors (Lipinski definition) is 5. The lowest BCUT2D eigenvalue weighted by atomic mass is 9.75. The SMILES string of the molecule is COc1cccc(CNC(=O)C(C)C(=O)N[C@@H](Cc2ccc(-c3ccccc3)cc2)B(O)O)c1. The first-order valence-corrected chi connectivity index (χ1v) is 11.1. The van der Waals surface area contributed by atoms with Crippen LogP contribution in [-0.4, -0.2) is 42.0 Å². The number of rotatable bonds is 10. The maximum atomic E-state index is 12.6. The zero-order valence-corrected chi connectivity index (χ0v) is 19.3. The number of benzene rings is 3. The smallest absolute Gasteiger partial charge is 0.475 e. The molecule has 176 valence electrons. The molecule has 8 heteroatoms. The number of carbonyl (C=O) groups excluding carboxylic acids is 2. The maximum Gasteiger partial charge on any atom is 0.475 e. The van der Waals surface area contributed by atoms with Crippen molar-refractivity contribution < 1.29 is 24.4 Å². The van der Waals surface area contributed by atoms with Crippen LogP contribution in [0, 0.1) is 5.92 Å². The van der Waals surface area contributed by atoms with Gasteiger partial charge in [0, 0.05) is 6.54 Å². The van der Waals surface area contributed by atoms with Crippen molar-refractivity contribution >= 4 is 18.9 Å². The van der Waals surface area contributed by atoms with E-state index >= 15 is 0 Å². The Morgan fingerprint density at radius 2 is 1.56 bits per heavy atom. The zero-order valence-electron chi connectivity index (χ0n) is 19.3. The highest BCUT2D eigenvalue weighted by Crippen LogP contribution is 2.20. The van der Waals surface area contributed by atoms with Crippen LogP contribution in [0.1, 0.15) is 18.1 Å². The van der Waals surface area contributed by atoms with Gasteiger partial charge in [0.25, 0.3) is 0 Å². The van der Waals surface area contributed by atoms with Crippen molar-refractivity contribution in [3.05, 3.63) is 90.0 Å². The second kappa shape index (κ2) is 12.0. The molecule has 2 atom stereocenters. The minimum atomic E-state index is -1.77. The van der Waals surface area contributed by atoms with Crippen molar-refractivity contribution in [1.82, 2.24) is 10.6 Å². The summed E-state index contributed by atoms with van der Waals surface area (Å²) in [4.78, 5) is 25.1. The Kier molecular flexibility index (Phi) is 8.84. The second-order valence-corrected chi connectivity index (χ2v) is 8.09. The molecule has 34 heavy (non-hydrogen) atoms. The van der Waals surface area contributed by atoms with Gasteiger partial charge in [-0.25, -0.2) is 0 Å². The fourth-order valence-corrected chi connectivity index (χ4v) is 3.50. The molecule has 0 radical (unpaired) electrons. The third kappa shape index (κ3) is 6.94. The summed E-state index contributed by atoms with van der Waals surface area (Å²) in [5.74, 6) is -2.33. The summed E-state index contributed by atoms with van der Waals surface area (Å²) in [6.45, 7) is 1.72. The molecule has 7 nitrogen and oxygen atoms in total. The molecular formula is C26H29BN2O5. The molecule has 0 aliphatic heterocycles. The van der Waals surface area contributed by atoms with Crippen LogP contribution in [-0.2, 0) is 22.6 Å². The first-order valence-electron chi connectivity index (χ1n) is 11.1. The van der Waals surface area contributed by atoms with Gasteiger partial charge in [0.2, 0.25) is 11.8 Å². The third-order valence-corrected chi connectivity index (χ3v) is 5.59. The lowest BCUT2D eigenvalue weighted by Gasteiger charge is -2.20. The normalized spacial score (nSPS) is 12.4. The Morgan fingerprint density at radius 3 is 2.21 bits per heavy atom. The Balaban J connectivity index is 1.56. The number of carbonyl (C=O) groups is 2. The van der Waals surface area contributed by atoms with E-state index in [9.17, 15) is 19.6 Å². The van der Waals surface area contributed by atoms with E-state index in [0.29, 0.717) is 5.75 Å². The number of ether oxygens (including phenoxy) is 1. The van der Waals surface area contributed by atoms with Crippen molar-refractivity contribution in [2.75, 3.05) is 7.11 Å². The fraction of sp³-hybridized carbons (Fsp3) is 0.231. The quantitative estimate of drug-likeness (QED) is 0.275. The number of methoxy groups -OCH3 is 1. The zero-order chi connectivity index (χ0) is 24.5. The van der Waals surface area contributed by atoms with Gasteiger partial charge in [-0.15, -0.1) is 0 Å². The molecule has 0 spiro atoms. The van der Waals surface area contributed by atoms with Gasteiger partial charge in [-0.3, -0.25) is 9.59 Å². The molecule has 0 fully saturated rings. The summed E-state index contributed by atoms with van der Waals surface area (Å²) in [7, 11) is -0.210. The summed E-state index contributed by atoms with van der Waals surface area (Å²) < 4.78 is 5.17. The summed E-state index contributed by atoms with van der Waals surface area (Å²) in [5.41, 5.74) is 3.78. The molecule has 4 N–H and O–H groups in total. The highest BCUT2D eigenvalue weighted by Gasteiger charge is 2.29. The number of hydrogen-bond donors (Lipinski definition) is 4. The summed E-state index contributed by atoms with van der Waals surface area (Å²) in [6, 6.07) is 24.8. The fourth-order valence-electron chi connectivity index (χ4n) is 3.50. The third-order valence-electron chi connectivity index (χ3n) is 5.59. The topological polar surface area (TPSA) is 108 Å².